The van der Waals surface area contributed by atoms with E-state index in [4.69, 9.17) is 0 Å². The van der Waals surface area contributed by atoms with Gasteiger partial charge in [0, 0.05) is 30.0 Å². The van der Waals surface area contributed by atoms with Crippen LogP contribution in [0.5, 0.6) is 0 Å². The van der Waals surface area contributed by atoms with E-state index in [-0.39, 0.29) is 35.3 Å². The molecular formula is C19H23N3O4S. The van der Waals surface area contributed by atoms with Crippen molar-refractivity contribution in [3.8, 4) is 0 Å². The van der Waals surface area contributed by atoms with Gasteiger partial charge in [0.1, 0.15) is 5.69 Å². The first-order valence-corrected chi connectivity index (χ1v) is 11.1. The van der Waals surface area contributed by atoms with Gasteiger partial charge in [-0.1, -0.05) is 18.2 Å². The number of rotatable bonds is 3. The molecule has 7 nitrogen and oxygen atoms in total. The van der Waals surface area contributed by atoms with E-state index >= 15 is 0 Å². The molecular weight excluding hydrogens is 366 g/mol. The van der Waals surface area contributed by atoms with Gasteiger partial charge in [0.05, 0.1) is 17.4 Å². The summed E-state index contributed by atoms with van der Waals surface area (Å²) in [6, 6.07) is 9.25. The first-order valence-electron chi connectivity index (χ1n) is 9.29. The zero-order valence-corrected chi connectivity index (χ0v) is 15.8. The minimum absolute atomic E-state index is 0.0170. The number of nitrogens with zero attached hydrogens (tertiary/aromatic N) is 1. The van der Waals surface area contributed by atoms with Gasteiger partial charge in [0.15, 0.2) is 9.84 Å². The fourth-order valence-corrected chi connectivity index (χ4v) is 5.64. The highest BCUT2D eigenvalue weighted by atomic mass is 32.2. The Bertz CT molecular complexity index is 949. The molecule has 27 heavy (non-hydrogen) atoms. The molecule has 2 N–H and O–H groups in total. The van der Waals surface area contributed by atoms with Crippen LogP contribution >= 0.6 is 0 Å². The number of piperidine rings is 1. The number of nitrogens with one attached hydrogen (secondary N) is 2. The van der Waals surface area contributed by atoms with Gasteiger partial charge in [0.2, 0.25) is 5.91 Å². The molecule has 2 saturated heterocycles. The lowest BCUT2D eigenvalue weighted by atomic mass is 9.96. The predicted octanol–water partition coefficient (Wildman–Crippen LogP) is 1.32. The lowest BCUT2D eigenvalue weighted by molar-refractivity contribution is -0.126. The Morgan fingerprint density at radius 3 is 2.74 bits per heavy atom. The third-order valence-electron chi connectivity index (χ3n) is 5.42. The second-order valence-corrected chi connectivity index (χ2v) is 9.70. The Labute approximate surface area is 158 Å². The summed E-state index contributed by atoms with van der Waals surface area (Å²) in [6.45, 7) is 0.981. The number of hydrogen-bond acceptors (Lipinski definition) is 4. The molecule has 1 aromatic heterocycles. The Hall–Kier alpha value is -2.35. The van der Waals surface area contributed by atoms with Gasteiger partial charge in [-0.15, -0.1) is 0 Å². The molecule has 3 heterocycles. The van der Waals surface area contributed by atoms with Crippen LogP contribution in [-0.4, -0.2) is 60.8 Å². The van der Waals surface area contributed by atoms with Crippen molar-refractivity contribution in [3.05, 3.63) is 36.0 Å². The fourth-order valence-electron chi connectivity index (χ4n) is 3.96. The third kappa shape index (κ3) is 3.85. The smallest absolute Gasteiger partial charge is 0.270 e. The highest BCUT2D eigenvalue weighted by Gasteiger charge is 2.33. The van der Waals surface area contributed by atoms with E-state index in [1.165, 1.54) is 0 Å². The number of benzene rings is 1. The summed E-state index contributed by atoms with van der Waals surface area (Å²) < 4.78 is 23.1. The third-order valence-corrected chi connectivity index (χ3v) is 7.19. The Morgan fingerprint density at radius 2 is 2.00 bits per heavy atom. The number of H-pyrrole nitrogens is 1. The van der Waals surface area contributed by atoms with Crippen LogP contribution in [0.25, 0.3) is 10.9 Å². The second kappa shape index (κ2) is 6.99. The standard InChI is InChI=1S/C19H23N3O4S/c23-18(20-15-7-9-27(25,26)12-15)14-5-3-8-22(11-14)19(24)17-10-13-4-1-2-6-16(13)21-17/h1-2,4,6,10,14-15,21H,3,5,7-9,11-12H2,(H,20,23)/t14-,15-/m0/s1. The van der Waals surface area contributed by atoms with Crippen LogP contribution in [0.1, 0.15) is 29.8 Å². The molecule has 0 radical (unpaired) electrons. The van der Waals surface area contributed by atoms with Gasteiger partial charge in [-0.3, -0.25) is 9.59 Å². The Morgan fingerprint density at radius 1 is 1.19 bits per heavy atom. The van der Waals surface area contributed by atoms with E-state index in [9.17, 15) is 18.0 Å². The molecule has 2 amide bonds. The monoisotopic (exact) mass is 389 g/mol. The fraction of sp³-hybridized carbons (Fsp3) is 0.474. The second-order valence-electron chi connectivity index (χ2n) is 7.47. The SMILES string of the molecule is O=C(N[C@H]1CCS(=O)(=O)C1)[C@H]1CCCN(C(=O)c2cc3ccccc3[nH]2)C1. The maximum absolute atomic E-state index is 12.9. The summed E-state index contributed by atoms with van der Waals surface area (Å²) in [5.74, 6) is -0.398. The number of aromatic nitrogens is 1. The topological polar surface area (TPSA) is 99.3 Å². The van der Waals surface area contributed by atoms with E-state index in [1.807, 2.05) is 30.3 Å². The first kappa shape index (κ1) is 18.0. The van der Waals surface area contributed by atoms with Crippen molar-refractivity contribution >= 4 is 32.6 Å². The van der Waals surface area contributed by atoms with Crippen molar-refractivity contribution in [2.45, 2.75) is 25.3 Å². The number of para-hydroxylation sites is 1. The van der Waals surface area contributed by atoms with Gasteiger partial charge >= 0.3 is 0 Å². The summed E-state index contributed by atoms with van der Waals surface area (Å²) in [5, 5.41) is 3.84. The molecule has 2 aliphatic rings. The molecule has 0 bridgehead atoms. The summed E-state index contributed by atoms with van der Waals surface area (Å²) in [7, 11) is -3.03. The number of carbonyl (C=O) groups excluding carboxylic acids is 2. The molecule has 0 aliphatic carbocycles. The lowest BCUT2D eigenvalue weighted by Crippen LogP contribution is -2.47. The molecule has 1 aromatic carbocycles. The van der Waals surface area contributed by atoms with Crippen molar-refractivity contribution in [3.63, 3.8) is 0 Å². The van der Waals surface area contributed by atoms with Crippen molar-refractivity contribution in [2.75, 3.05) is 24.6 Å². The van der Waals surface area contributed by atoms with Gasteiger partial charge in [0.25, 0.3) is 5.91 Å². The zero-order chi connectivity index (χ0) is 19.0. The van der Waals surface area contributed by atoms with Crippen molar-refractivity contribution in [2.24, 2.45) is 5.92 Å². The minimum atomic E-state index is -3.03. The van der Waals surface area contributed by atoms with Gasteiger partial charge in [-0.25, -0.2) is 8.42 Å². The van der Waals surface area contributed by atoms with Gasteiger partial charge in [-0.05, 0) is 31.4 Å². The lowest BCUT2D eigenvalue weighted by Gasteiger charge is -2.32. The zero-order valence-electron chi connectivity index (χ0n) is 15.0. The van der Waals surface area contributed by atoms with E-state index in [0.29, 0.717) is 31.6 Å². The van der Waals surface area contributed by atoms with Crippen LogP contribution in [0.2, 0.25) is 0 Å². The van der Waals surface area contributed by atoms with Crippen molar-refractivity contribution < 1.29 is 18.0 Å². The van der Waals surface area contributed by atoms with Crippen molar-refractivity contribution in [1.82, 2.24) is 15.2 Å². The van der Waals surface area contributed by atoms with Crippen LogP contribution in [0.3, 0.4) is 0 Å². The first-order chi connectivity index (χ1) is 12.9. The Balaban J connectivity index is 1.41. The quantitative estimate of drug-likeness (QED) is 0.827. The van der Waals surface area contributed by atoms with Crippen LogP contribution in [0, 0.1) is 5.92 Å². The van der Waals surface area contributed by atoms with Crippen LogP contribution in [-0.2, 0) is 14.6 Å². The van der Waals surface area contributed by atoms with E-state index in [0.717, 1.165) is 17.3 Å². The number of hydrogen-bond donors (Lipinski definition) is 2. The number of carbonyl (C=O) groups is 2. The summed E-state index contributed by atoms with van der Waals surface area (Å²) >= 11 is 0. The average Bonchev–Trinajstić information content (AvgIpc) is 3.24. The molecule has 2 fully saturated rings. The number of likely N-dealkylation sites (tertiary alicyclic amines) is 1. The number of aromatic amines is 1. The molecule has 4 rings (SSSR count). The molecule has 8 heteroatoms. The molecule has 0 unspecified atom stereocenters. The predicted molar refractivity (Wildman–Crippen MR) is 102 cm³/mol. The molecule has 144 valence electrons. The minimum Gasteiger partial charge on any atom is -0.352 e. The number of fused-ring (bicyclic) bond motifs is 1. The normalized spacial score (nSPS) is 24.8. The molecule has 2 aromatic rings. The number of sulfone groups is 1. The van der Waals surface area contributed by atoms with E-state index in [1.54, 1.807) is 4.90 Å². The molecule has 0 spiro atoms. The average molecular weight is 389 g/mol. The van der Waals surface area contributed by atoms with Gasteiger partial charge < -0.3 is 15.2 Å². The summed E-state index contributed by atoms with van der Waals surface area (Å²) in [5.41, 5.74) is 1.44. The van der Waals surface area contributed by atoms with Crippen molar-refractivity contribution in [1.29, 1.82) is 0 Å². The van der Waals surface area contributed by atoms with Gasteiger partial charge in [-0.2, -0.15) is 0 Å². The summed E-state index contributed by atoms with van der Waals surface area (Å²) in [4.78, 5) is 30.3. The molecule has 2 aliphatic heterocycles. The molecule has 0 saturated carbocycles. The Kier molecular flexibility index (Phi) is 4.67. The highest BCUT2D eigenvalue weighted by molar-refractivity contribution is 7.91. The largest absolute Gasteiger partial charge is 0.352 e. The van der Waals surface area contributed by atoms with E-state index in [2.05, 4.69) is 10.3 Å². The highest BCUT2D eigenvalue weighted by Crippen LogP contribution is 2.22. The number of amides is 2. The van der Waals surface area contributed by atoms with E-state index < -0.39 is 9.84 Å². The maximum atomic E-state index is 12.9. The molecule has 2 atom stereocenters. The summed E-state index contributed by atoms with van der Waals surface area (Å²) in [6.07, 6.45) is 1.94. The van der Waals surface area contributed by atoms with Crippen LogP contribution < -0.4 is 5.32 Å². The maximum Gasteiger partial charge on any atom is 0.270 e. The van der Waals surface area contributed by atoms with Crippen LogP contribution in [0.4, 0.5) is 0 Å². The van der Waals surface area contributed by atoms with Crippen LogP contribution in [0.15, 0.2) is 30.3 Å².